The minimum atomic E-state index is -0.0883. The van der Waals surface area contributed by atoms with Crippen molar-refractivity contribution in [1.29, 1.82) is 0 Å². The SMILES string of the molecule is CCCCN(C(C)=O)C1=C(C=CC2=[N+](CCC)c3ccccc3C2(C)C)CCCC1=CC=C1N(CCC)c2ccccc2C1(C)C. The van der Waals surface area contributed by atoms with E-state index in [1.807, 2.05) is 0 Å². The van der Waals surface area contributed by atoms with Crippen LogP contribution in [0.2, 0.25) is 0 Å². The predicted octanol–water partition coefficient (Wildman–Crippen LogP) is 10.1. The highest BCUT2D eigenvalue weighted by Crippen LogP contribution is 2.48. The molecule has 2 heterocycles. The second-order valence-electron chi connectivity index (χ2n) is 14.3. The molecule has 0 unspecified atom stereocenters. The Hall–Kier alpha value is -3.66. The van der Waals surface area contributed by atoms with Crippen molar-refractivity contribution in [2.24, 2.45) is 0 Å². The fourth-order valence-electron chi connectivity index (χ4n) is 7.90. The maximum Gasteiger partial charge on any atom is 0.223 e. The first-order valence-electron chi connectivity index (χ1n) is 17.8. The number of allylic oxidation sites excluding steroid dienone is 7. The molecule has 0 atom stereocenters. The van der Waals surface area contributed by atoms with Gasteiger partial charge in [0.05, 0.1) is 5.41 Å². The average Bonchev–Trinajstić information content (AvgIpc) is 3.38. The Morgan fingerprint density at radius 3 is 2.28 bits per heavy atom. The Morgan fingerprint density at radius 2 is 1.59 bits per heavy atom. The van der Waals surface area contributed by atoms with Gasteiger partial charge in [0.25, 0.3) is 0 Å². The molecular formula is C42H56N3O+. The number of amides is 1. The summed E-state index contributed by atoms with van der Waals surface area (Å²) in [6, 6.07) is 17.7. The second kappa shape index (κ2) is 14.0. The summed E-state index contributed by atoms with van der Waals surface area (Å²) in [5.41, 5.74) is 11.6. The third-order valence-electron chi connectivity index (χ3n) is 10.3. The molecule has 0 saturated carbocycles. The summed E-state index contributed by atoms with van der Waals surface area (Å²) in [5, 5.41) is 0. The zero-order valence-corrected chi connectivity index (χ0v) is 29.7. The quantitative estimate of drug-likeness (QED) is 0.234. The van der Waals surface area contributed by atoms with Crippen molar-refractivity contribution in [3.05, 3.63) is 107 Å². The number of anilines is 1. The van der Waals surface area contributed by atoms with Crippen LogP contribution in [0.3, 0.4) is 0 Å². The molecule has 2 aliphatic heterocycles. The van der Waals surface area contributed by atoms with Crippen molar-refractivity contribution >= 4 is 23.0 Å². The Morgan fingerprint density at radius 1 is 0.870 bits per heavy atom. The number of hydrogen-bond donors (Lipinski definition) is 0. The van der Waals surface area contributed by atoms with Gasteiger partial charge in [0, 0.05) is 66.6 Å². The molecule has 5 rings (SSSR count). The number of para-hydroxylation sites is 2. The molecule has 1 amide bonds. The lowest BCUT2D eigenvalue weighted by Crippen LogP contribution is -2.32. The maximum absolute atomic E-state index is 13.3. The standard InChI is InChI=1S/C42H56N3O/c1-9-12-30-43(31(4)46)40-32(24-26-38-41(5,6)34-20-13-15-22-36(34)44(38)28-10-2)18-17-19-33(40)25-27-39-42(7,8)35-21-14-16-23-37(35)45(39)29-11-3/h13-16,20-27H,9-12,17-19,28-30H2,1-8H3/q+1. The van der Waals surface area contributed by atoms with E-state index in [4.69, 9.17) is 0 Å². The highest BCUT2D eigenvalue weighted by molar-refractivity contribution is 6.03. The van der Waals surface area contributed by atoms with Crippen molar-refractivity contribution in [1.82, 2.24) is 4.90 Å². The molecule has 4 heteroatoms. The monoisotopic (exact) mass is 618 g/mol. The molecule has 0 fully saturated rings. The summed E-state index contributed by atoms with van der Waals surface area (Å²) in [6.07, 6.45) is 16.7. The molecule has 0 saturated heterocycles. The molecule has 4 nitrogen and oxygen atoms in total. The van der Waals surface area contributed by atoms with Crippen LogP contribution in [0.15, 0.2) is 95.4 Å². The third kappa shape index (κ3) is 6.20. The molecule has 1 aliphatic carbocycles. The van der Waals surface area contributed by atoms with Crippen molar-refractivity contribution in [3.8, 4) is 0 Å². The smallest absolute Gasteiger partial charge is 0.223 e. The summed E-state index contributed by atoms with van der Waals surface area (Å²) >= 11 is 0. The van der Waals surface area contributed by atoms with Gasteiger partial charge in [0.15, 0.2) is 5.71 Å². The molecule has 0 radical (unpaired) electrons. The number of benzene rings is 2. The van der Waals surface area contributed by atoms with Crippen LogP contribution in [0, 0.1) is 0 Å². The van der Waals surface area contributed by atoms with Crippen molar-refractivity contribution in [2.75, 3.05) is 24.5 Å². The lowest BCUT2D eigenvalue weighted by atomic mass is 9.81. The van der Waals surface area contributed by atoms with Gasteiger partial charge in [-0.3, -0.25) is 4.79 Å². The van der Waals surface area contributed by atoms with E-state index >= 15 is 0 Å². The second-order valence-corrected chi connectivity index (χ2v) is 14.3. The Kier molecular flexibility index (Phi) is 10.2. The first-order valence-corrected chi connectivity index (χ1v) is 17.8. The van der Waals surface area contributed by atoms with Gasteiger partial charge < -0.3 is 9.80 Å². The van der Waals surface area contributed by atoms with Gasteiger partial charge >= 0.3 is 0 Å². The van der Waals surface area contributed by atoms with Gasteiger partial charge in [0.2, 0.25) is 11.6 Å². The summed E-state index contributed by atoms with van der Waals surface area (Å²) in [4.78, 5) is 17.9. The molecule has 0 aromatic heterocycles. The van der Waals surface area contributed by atoms with Crippen LogP contribution in [0.5, 0.6) is 0 Å². The summed E-state index contributed by atoms with van der Waals surface area (Å²) < 4.78 is 2.51. The van der Waals surface area contributed by atoms with E-state index in [2.05, 4.69) is 136 Å². The van der Waals surface area contributed by atoms with E-state index in [-0.39, 0.29) is 16.7 Å². The summed E-state index contributed by atoms with van der Waals surface area (Å²) in [7, 11) is 0. The third-order valence-corrected chi connectivity index (χ3v) is 10.3. The van der Waals surface area contributed by atoms with Crippen molar-refractivity contribution in [3.63, 3.8) is 0 Å². The largest absolute Gasteiger partial charge is 0.344 e. The number of carbonyl (C=O) groups excluding carboxylic acids is 1. The highest BCUT2D eigenvalue weighted by Gasteiger charge is 2.44. The molecular weight excluding hydrogens is 562 g/mol. The Labute approximate surface area is 278 Å². The van der Waals surface area contributed by atoms with Gasteiger partial charge in [-0.25, -0.2) is 0 Å². The maximum atomic E-state index is 13.3. The number of hydrogen-bond acceptors (Lipinski definition) is 2. The highest BCUT2D eigenvalue weighted by atomic mass is 16.2. The number of fused-ring (bicyclic) bond motifs is 2. The normalized spacial score (nSPS) is 20.3. The number of rotatable bonds is 11. The van der Waals surface area contributed by atoms with Crippen LogP contribution < -0.4 is 4.90 Å². The summed E-state index contributed by atoms with van der Waals surface area (Å²) in [6.45, 7) is 20.6. The molecule has 244 valence electrons. The fraction of sp³-hybridized carbons (Fsp3) is 0.476. The molecule has 2 aromatic rings. The first kappa shape index (κ1) is 33.7. The van der Waals surface area contributed by atoms with Gasteiger partial charge in [0.1, 0.15) is 6.54 Å². The van der Waals surface area contributed by atoms with Crippen molar-refractivity contribution < 1.29 is 9.37 Å². The van der Waals surface area contributed by atoms with Crippen LogP contribution in [0.25, 0.3) is 0 Å². The molecule has 0 N–H and O–H groups in total. The lowest BCUT2D eigenvalue weighted by Gasteiger charge is -2.32. The molecule has 3 aliphatic rings. The van der Waals surface area contributed by atoms with E-state index in [9.17, 15) is 4.79 Å². The minimum absolute atomic E-state index is 0.0883. The van der Waals surface area contributed by atoms with Gasteiger partial charge in [-0.2, -0.15) is 4.58 Å². The fourth-order valence-corrected chi connectivity index (χ4v) is 7.90. The average molecular weight is 619 g/mol. The predicted molar refractivity (Wildman–Crippen MR) is 195 cm³/mol. The van der Waals surface area contributed by atoms with Crippen LogP contribution in [-0.2, 0) is 15.6 Å². The van der Waals surface area contributed by atoms with Crippen LogP contribution >= 0.6 is 0 Å². The zero-order valence-electron chi connectivity index (χ0n) is 29.7. The van der Waals surface area contributed by atoms with E-state index < -0.39 is 0 Å². The zero-order chi connectivity index (χ0) is 33.1. The summed E-state index contributed by atoms with van der Waals surface area (Å²) in [5.74, 6) is 0.130. The van der Waals surface area contributed by atoms with Crippen LogP contribution in [-0.4, -0.2) is 40.7 Å². The Bertz CT molecular complexity index is 1610. The van der Waals surface area contributed by atoms with E-state index in [0.29, 0.717) is 0 Å². The topological polar surface area (TPSA) is 26.6 Å². The van der Waals surface area contributed by atoms with Gasteiger partial charge in [-0.1, -0.05) is 89.6 Å². The van der Waals surface area contributed by atoms with Gasteiger partial charge in [-0.05, 0) is 74.8 Å². The minimum Gasteiger partial charge on any atom is -0.344 e. The number of unbranched alkanes of at least 4 members (excludes halogenated alkanes) is 1. The first-order chi connectivity index (χ1) is 22.1. The van der Waals surface area contributed by atoms with Gasteiger partial charge in [-0.15, -0.1) is 0 Å². The Balaban J connectivity index is 1.64. The van der Waals surface area contributed by atoms with Crippen molar-refractivity contribution in [2.45, 2.75) is 111 Å². The lowest BCUT2D eigenvalue weighted by molar-refractivity contribution is -0.437. The van der Waals surface area contributed by atoms with E-state index in [1.165, 1.54) is 45.1 Å². The van der Waals surface area contributed by atoms with E-state index in [0.717, 1.165) is 70.3 Å². The molecule has 46 heavy (non-hydrogen) atoms. The molecule has 0 spiro atoms. The van der Waals surface area contributed by atoms with E-state index in [1.54, 1.807) is 6.92 Å². The van der Waals surface area contributed by atoms with Crippen LogP contribution in [0.1, 0.15) is 111 Å². The number of carbonyl (C=O) groups is 1. The number of nitrogens with zero attached hydrogens (tertiary/aromatic N) is 3. The van der Waals surface area contributed by atoms with Crippen LogP contribution in [0.4, 0.5) is 11.4 Å². The molecule has 2 aromatic carbocycles. The molecule has 0 bridgehead atoms.